The topological polar surface area (TPSA) is 93.3 Å². The molecule has 0 aliphatic carbocycles. The minimum absolute atomic E-state index is 0.152. The van der Waals surface area contributed by atoms with Gasteiger partial charge in [0.05, 0.1) is 18.4 Å². The van der Waals surface area contributed by atoms with Crippen molar-refractivity contribution in [2.75, 3.05) is 0 Å². The Morgan fingerprint density at radius 2 is 2.13 bits per heavy atom. The zero-order chi connectivity index (χ0) is 16.8. The van der Waals surface area contributed by atoms with Gasteiger partial charge in [-0.05, 0) is 20.3 Å². The molecule has 1 aliphatic rings. The zero-order valence-corrected chi connectivity index (χ0v) is 13.6. The monoisotopic (exact) mass is 317 g/mol. The van der Waals surface area contributed by atoms with Crippen LogP contribution >= 0.6 is 0 Å². The highest BCUT2D eigenvalue weighted by molar-refractivity contribution is 6.07. The second-order valence-corrected chi connectivity index (χ2v) is 5.87. The highest BCUT2D eigenvalue weighted by Gasteiger charge is 2.49. The summed E-state index contributed by atoms with van der Waals surface area (Å²) in [5, 5.41) is 10.8. The summed E-state index contributed by atoms with van der Waals surface area (Å²) in [6, 6.07) is -0.427. The van der Waals surface area contributed by atoms with Crippen LogP contribution < -0.4 is 5.32 Å². The number of imide groups is 1. The van der Waals surface area contributed by atoms with Crippen LogP contribution in [-0.2, 0) is 30.3 Å². The summed E-state index contributed by atoms with van der Waals surface area (Å²) in [7, 11) is 1.76. The van der Waals surface area contributed by atoms with Gasteiger partial charge in [-0.25, -0.2) is 4.79 Å². The Kier molecular flexibility index (Phi) is 3.46. The molecule has 23 heavy (non-hydrogen) atoms. The maximum atomic E-state index is 12.8. The zero-order valence-electron chi connectivity index (χ0n) is 13.6. The van der Waals surface area contributed by atoms with E-state index in [9.17, 15) is 9.59 Å². The molecule has 1 atom stereocenters. The van der Waals surface area contributed by atoms with E-state index in [1.165, 1.54) is 4.90 Å². The Hall–Kier alpha value is -2.64. The smallest absolute Gasteiger partial charge is 0.325 e. The van der Waals surface area contributed by atoms with Gasteiger partial charge in [0.15, 0.2) is 0 Å². The quantitative estimate of drug-likeness (QED) is 0.857. The van der Waals surface area contributed by atoms with Crippen LogP contribution in [0, 0.1) is 6.92 Å². The number of urea groups is 1. The molecule has 0 aromatic carbocycles. The van der Waals surface area contributed by atoms with E-state index in [1.54, 1.807) is 38.0 Å². The van der Waals surface area contributed by atoms with Crippen LogP contribution in [0.2, 0.25) is 0 Å². The second kappa shape index (κ2) is 5.22. The fourth-order valence-corrected chi connectivity index (χ4v) is 2.79. The lowest BCUT2D eigenvalue weighted by Gasteiger charge is -2.20. The van der Waals surface area contributed by atoms with Crippen LogP contribution in [0.4, 0.5) is 4.79 Å². The van der Waals surface area contributed by atoms with E-state index < -0.39 is 11.6 Å². The third-order valence-corrected chi connectivity index (χ3v) is 4.27. The van der Waals surface area contributed by atoms with Gasteiger partial charge < -0.3 is 9.84 Å². The van der Waals surface area contributed by atoms with Crippen molar-refractivity contribution in [3.05, 3.63) is 35.0 Å². The number of amides is 3. The molecule has 8 nitrogen and oxygen atoms in total. The summed E-state index contributed by atoms with van der Waals surface area (Å²) in [6.07, 6.45) is 3.99. The highest BCUT2D eigenvalue weighted by atomic mass is 16.5. The fourth-order valence-electron chi connectivity index (χ4n) is 2.79. The van der Waals surface area contributed by atoms with Crippen LogP contribution in [0.25, 0.3) is 0 Å². The molecule has 3 heterocycles. The van der Waals surface area contributed by atoms with Gasteiger partial charge in [-0.2, -0.15) is 5.10 Å². The van der Waals surface area contributed by atoms with E-state index in [0.29, 0.717) is 17.7 Å². The van der Waals surface area contributed by atoms with Crippen LogP contribution in [0.1, 0.15) is 36.4 Å². The van der Waals surface area contributed by atoms with Gasteiger partial charge in [0, 0.05) is 24.4 Å². The molecule has 1 N–H and O–H groups in total. The molecule has 0 spiro atoms. The van der Waals surface area contributed by atoms with E-state index in [1.807, 2.05) is 6.92 Å². The van der Waals surface area contributed by atoms with Crippen LogP contribution in [0.3, 0.4) is 0 Å². The summed E-state index contributed by atoms with van der Waals surface area (Å²) >= 11 is 0. The summed E-state index contributed by atoms with van der Waals surface area (Å²) in [6.45, 7) is 5.57. The number of hydrogen-bond acceptors (Lipinski definition) is 5. The molecule has 3 rings (SSSR count). The van der Waals surface area contributed by atoms with Crippen molar-refractivity contribution in [1.29, 1.82) is 0 Å². The van der Waals surface area contributed by atoms with Crippen molar-refractivity contribution in [1.82, 2.24) is 25.2 Å². The predicted octanol–water partition coefficient (Wildman–Crippen LogP) is 1.25. The van der Waals surface area contributed by atoms with Crippen molar-refractivity contribution in [3.8, 4) is 0 Å². The summed E-state index contributed by atoms with van der Waals surface area (Å²) in [5.41, 5.74) is 1.09. The van der Waals surface area contributed by atoms with Crippen LogP contribution in [0.15, 0.2) is 16.9 Å². The van der Waals surface area contributed by atoms with Gasteiger partial charge in [0.25, 0.3) is 5.91 Å². The molecule has 3 amide bonds. The van der Waals surface area contributed by atoms with Crippen molar-refractivity contribution < 1.29 is 14.1 Å². The minimum Gasteiger partial charge on any atom is -0.361 e. The second-order valence-electron chi connectivity index (χ2n) is 5.87. The lowest BCUT2D eigenvalue weighted by molar-refractivity contribution is -0.131. The van der Waals surface area contributed by atoms with Gasteiger partial charge in [0.1, 0.15) is 11.3 Å². The van der Waals surface area contributed by atoms with Crippen LogP contribution in [0.5, 0.6) is 0 Å². The number of rotatable bonds is 4. The number of nitrogens with zero attached hydrogens (tertiary/aromatic N) is 4. The molecule has 1 unspecified atom stereocenters. The maximum absolute atomic E-state index is 12.8. The van der Waals surface area contributed by atoms with Crippen LogP contribution in [-0.4, -0.2) is 31.8 Å². The normalized spacial score (nSPS) is 21.1. The van der Waals surface area contributed by atoms with Gasteiger partial charge in [-0.3, -0.25) is 14.4 Å². The lowest BCUT2D eigenvalue weighted by Crippen LogP contribution is -2.40. The standard InChI is InChI=1S/C15H19N5O3/c1-5-12-11(9(2)23-18-12)8-20-13(21)15(3,17-14(20)22)10-6-16-19(4)7-10/h6-7H,5,8H2,1-4H3,(H,17,22). The molecule has 2 aromatic rings. The molecule has 1 aliphatic heterocycles. The van der Waals surface area contributed by atoms with Gasteiger partial charge in [-0.15, -0.1) is 0 Å². The molecular weight excluding hydrogens is 298 g/mol. The first kappa shape index (κ1) is 15.3. The average molecular weight is 317 g/mol. The lowest BCUT2D eigenvalue weighted by atomic mass is 9.95. The Morgan fingerprint density at radius 3 is 2.74 bits per heavy atom. The Balaban J connectivity index is 1.91. The molecule has 2 aromatic heterocycles. The molecular formula is C15H19N5O3. The van der Waals surface area contributed by atoms with Gasteiger partial charge >= 0.3 is 6.03 Å². The van der Waals surface area contributed by atoms with E-state index in [0.717, 1.165) is 11.3 Å². The van der Waals surface area contributed by atoms with Gasteiger partial charge in [-0.1, -0.05) is 12.1 Å². The minimum atomic E-state index is -1.11. The average Bonchev–Trinajstić information content (AvgIpc) is 3.15. The maximum Gasteiger partial charge on any atom is 0.325 e. The van der Waals surface area contributed by atoms with Crippen molar-refractivity contribution >= 4 is 11.9 Å². The molecule has 122 valence electrons. The van der Waals surface area contributed by atoms with E-state index in [4.69, 9.17) is 4.52 Å². The van der Waals surface area contributed by atoms with E-state index in [2.05, 4.69) is 15.6 Å². The third kappa shape index (κ3) is 2.30. The number of hydrogen-bond donors (Lipinski definition) is 1. The molecule has 0 saturated carbocycles. The largest absolute Gasteiger partial charge is 0.361 e. The van der Waals surface area contributed by atoms with Gasteiger partial charge in [0.2, 0.25) is 0 Å². The number of aromatic nitrogens is 3. The Labute approximate surface area is 133 Å². The molecule has 8 heteroatoms. The van der Waals surface area contributed by atoms with E-state index >= 15 is 0 Å². The molecule has 0 radical (unpaired) electrons. The Bertz CT molecular complexity index is 778. The third-order valence-electron chi connectivity index (χ3n) is 4.27. The summed E-state index contributed by atoms with van der Waals surface area (Å²) in [5.74, 6) is 0.315. The predicted molar refractivity (Wildman–Crippen MR) is 80.3 cm³/mol. The van der Waals surface area contributed by atoms with Crippen molar-refractivity contribution in [2.45, 2.75) is 39.3 Å². The Morgan fingerprint density at radius 1 is 1.39 bits per heavy atom. The molecule has 1 fully saturated rings. The van der Waals surface area contributed by atoms with E-state index in [-0.39, 0.29) is 12.5 Å². The summed E-state index contributed by atoms with van der Waals surface area (Å²) < 4.78 is 6.77. The molecule has 1 saturated heterocycles. The van der Waals surface area contributed by atoms with Crippen molar-refractivity contribution in [2.24, 2.45) is 7.05 Å². The molecule has 0 bridgehead atoms. The first-order chi connectivity index (χ1) is 10.9. The number of carbonyl (C=O) groups is 2. The first-order valence-corrected chi connectivity index (χ1v) is 7.44. The fraction of sp³-hybridized carbons (Fsp3) is 0.467. The first-order valence-electron chi connectivity index (χ1n) is 7.44. The number of carbonyl (C=O) groups excluding carboxylic acids is 2. The number of aryl methyl sites for hydroxylation is 3. The highest BCUT2D eigenvalue weighted by Crippen LogP contribution is 2.30. The SMILES string of the molecule is CCc1noc(C)c1CN1C(=O)NC(C)(c2cnn(C)c2)C1=O. The summed E-state index contributed by atoms with van der Waals surface area (Å²) in [4.78, 5) is 26.4. The number of nitrogens with one attached hydrogen (secondary N) is 1. The van der Waals surface area contributed by atoms with Crippen molar-refractivity contribution in [3.63, 3.8) is 0 Å².